The van der Waals surface area contributed by atoms with Crippen LogP contribution >= 0.6 is 0 Å². The number of imidazole rings is 1. The number of carbonyl (C=O) groups is 1. The van der Waals surface area contributed by atoms with E-state index in [0.29, 0.717) is 23.5 Å². The third kappa shape index (κ3) is 3.32. The number of hydrogen-bond acceptors (Lipinski definition) is 4. The minimum Gasteiger partial charge on any atom is -0.352 e. The van der Waals surface area contributed by atoms with Gasteiger partial charge in [0.1, 0.15) is 12.2 Å². The first-order valence-corrected chi connectivity index (χ1v) is 7.81. The van der Waals surface area contributed by atoms with Crippen LogP contribution < -0.4 is 5.32 Å². The molecule has 1 aliphatic carbocycles. The van der Waals surface area contributed by atoms with Gasteiger partial charge in [-0.3, -0.25) is 9.78 Å². The van der Waals surface area contributed by atoms with Gasteiger partial charge in [-0.25, -0.2) is 9.97 Å². The highest BCUT2D eigenvalue weighted by molar-refractivity contribution is 5.76. The summed E-state index contributed by atoms with van der Waals surface area (Å²) in [4.78, 5) is 24.9. The van der Waals surface area contributed by atoms with Crippen LogP contribution in [0.3, 0.4) is 0 Å². The van der Waals surface area contributed by atoms with E-state index >= 15 is 0 Å². The van der Waals surface area contributed by atoms with E-state index in [0.717, 1.165) is 6.42 Å². The summed E-state index contributed by atoms with van der Waals surface area (Å²) in [5.41, 5.74) is 0.673. The molecule has 6 heteroatoms. The molecule has 0 bridgehead atoms. The molecule has 22 heavy (non-hydrogen) atoms. The molecule has 116 valence electrons. The van der Waals surface area contributed by atoms with E-state index in [-0.39, 0.29) is 12.5 Å². The van der Waals surface area contributed by atoms with Gasteiger partial charge in [0, 0.05) is 30.8 Å². The van der Waals surface area contributed by atoms with Crippen LogP contribution in [0.15, 0.2) is 31.0 Å². The molecule has 2 aromatic heterocycles. The zero-order valence-corrected chi connectivity index (χ0v) is 12.8. The Balaban J connectivity index is 1.66. The maximum atomic E-state index is 12.3. The lowest BCUT2D eigenvalue weighted by atomic mass is 9.86. The lowest BCUT2D eigenvalue weighted by molar-refractivity contribution is -0.122. The smallest absolute Gasteiger partial charge is 0.240 e. The minimum absolute atomic E-state index is 0.0295. The zero-order valence-electron chi connectivity index (χ0n) is 12.8. The van der Waals surface area contributed by atoms with Crippen LogP contribution in [0.4, 0.5) is 0 Å². The quantitative estimate of drug-likeness (QED) is 0.937. The summed E-state index contributed by atoms with van der Waals surface area (Å²) >= 11 is 0. The lowest BCUT2D eigenvalue weighted by Gasteiger charge is -2.29. The van der Waals surface area contributed by atoms with Crippen molar-refractivity contribution in [2.75, 3.05) is 0 Å². The fraction of sp³-hybridized carbons (Fsp3) is 0.500. The van der Waals surface area contributed by atoms with E-state index in [2.05, 4.69) is 27.2 Å². The van der Waals surface area contributed by atoms with Gasteiger partial charge in [0.15, 0.2) is 5.82 Å². The number of nitrogens with zero attached hydrogens (tertiary/aromatic N) is 4. The van der Waals surface area contributed by atoms with Gasteiger partial charge in [0.25, 0.3) is 0 Å². The van der Waals surface area contributed by atoms with Crippen LogP contribution in [0.25, 0.3) is 11.5 Å². The van der Waals surface area contributed by atoms with Crippen molar-refractivity contribution in [2.24, 2.45) is 5.92 Å². The average Bonchev–Trinajstić information content (AvgIpc) is 2.98. The van der Waals surface area contributed by atoms with Crippen LogP contribution in [0.5, 0.6) is 0 Å². The van der Waals surface area contributed by atoms with Crippen LogP contribution in [0.1, 0.15) is 32.6 Å². The standard InChI is InChI=1S/C16H21N5O/c1-12-4-2-3-5-13(12)20-15(22)11-21-9-8-19-16(21)14-10-17-6-7-18-14/h6-10,12-13H,2-5,11H2,1H3,(H,20,22). The molecule has 0 aliphatic heterocycles. The summed E-state index contributed by atoms with van der Waals surface area (Å²) in [6, 6.07) is 0.296. The Bertz CT molecular complexity index is 624. The van der Waals surface area contributed by atoms with Crippen LogP contribution in [-0.4, -0.2) is 31.5 Å². The summed E-state index contributed by atoms with van der Waals surface area (Å²) in [5.74, 6) is 1.25. The predicted molar refractivity (Wildman–Crippen MR) is 82.8 cm³/mol. The molecule has 3 rings (SSSR count). The van der Waals surface area contributed by atoms with Gasteiger partial charge in [-0.1, -0.05) is 19.8 Å². The second kappa shape index (κ2) is 6.68. The molecule has 1 amide bonds. The van der Waals surface area contributed by atoms with Gasteiger partial charge >= 0.3 is 0 Å². The summed E-state index contributed by atoms with van der Waals surface area (Å²) in [6.07, 6.45) is 13.1. The molecule has 2 aromatic rings. The summed E-state index contributed by atoms with van der Waals surface area (Å²) in [6.45, 7) is 2.47. The topological polar surface area (TPSA) is 72.7 Å². The van der Waals surface area contributed by atoms with Gasteiger partial charge in [0.2, 0.25) is 5.91 Å². The zero-order chi connectivity index (χ0) is 15.4. The molecule has 0 radical (unpaired) electrons. The number of amides is 1. The van der Waals surface area contributed by atoms with Gasteiger partial charge < -0.3 is 9.88 Å². The highest BCUT2D eigenvalue weighted by Crippen LogP contribution is 2.23. The summed E-state index contributed by atoms with van der Waals surface area (Å²) in [7, 11) is 0. The molecular weight excluding hydrogens is 278 g/mol. The molecule has 1 N–H and O–H groups in total. The van der Waals surface area contributed by atoms with E-state index < -0.39 is 0 Å². The van der Waals surface area contributed by atoms with Crippen LogP contribution in [0, 0.1) is 5.92 Å². The second-order valence-electron chi connectivity index (χ2n) is 5.91. The third-order valence-electron chi connectivity index (χ3n) is 4.28. The third-order valence-corrected chi connectivity index (χ3v) is 4.28. The Kier molecular flexibility index (Phi) is 4.46. The SMILES string of the molecule is CC1CCCCC1NC(=O)Cn1ccnc1-c1cnccn1. The molecule has 2 unspecified atom stereocenters. The molecule has 1 fully saturated rings. The predicted octanol–water partition coefficient (Wildman–Crippen LogP) is 2.04. The van der Waals surface area contributed by atoms with E-state index in [1.807, 2.05) is 4.57 Å². The monoisotopic (exact) mass is 299 g/mol. The molecule has 0 aromatic carbocycles. The van der Waals surface area contributed by atoms with Crippen LogP contribution in [-0.2, 0) is 11.3 Å². The molecule has 2 atom stereocenters. The van der Waals surface area contributed by atoms with E-state index in [4.69, 9.17) is 0 Å². The van der Waals surface area contributed by atoms with Crippen molar-refractivity contribution in [1.82, 2.24) is 24.8 Å². The maximum Gasteiger partial charge on any atom is 0.240 e. The molecule has 0 spiro atoms. The van der Waals surface area contributed by atoms with Crippen molar-refractivity contribution in [3.63, 3.8) is 0 Å². The van der Waals surface area contributed by atoms with Gasteiger partial charge in [-0.15, -0.1) is 0 Å². The van der Waals surface area contributed by atoms with Crippen molar-refractivity contribution in [1.29, 1.82) is 0 Å². The fourth-order valence-electron chi connectivity index (χ4n) is 3.02. The maximum absolute atomic E-state index is 12.3. The molecule has 0 saturated heterocycles. The van der Waals surface area contributed by atoms with Gasteiger partial charge in [-0.05, 0) is 18.8 Å². The van der Waals surface area contributed by atoms with E-state index in [9.17, 15) is 4.79 Å². The first-order chi connectivity index (χ1) is 10.7. The summed E-state index contributed by atoms with van der Waals surface area (Å²) < 4.78 is 1.81. The highest BCUT2D eigenvalue weighted by Gasteiger charge is 2.23. The molecule has 1 aliphatic rings. The normalized spacial score (nSPS) is 21.5. The second-order valence-corrected chi connectivity index (χ2v) is 5.91. The lowest BCUT2D eigenvalue weighted by Crippen LogP contribution is -2.42. The number of nitrogens with one attached hydrogen (secondary N) is 1. The summed E-state index contributed by atoms with van der Waals surface area (Å²) in [5, 5.41) is 3.16. The fourth-order valence-corrected chi connectivity index (χ4v) is 3.02. The number of rotatable bonds is 4. The van der Waals surface area contributed by atoms with Crippen molar-refractivity contribution in [2.45, 2.75) is 45.2 Å². The van der Waals surface area contributed by atoms with E-state index in [1.165, 1.54) is 19.3 Å². The Hall–Kier alpha value is -2.24. The first kappa shape index (κ1) is 14.7. The van der Waals surface area contributed by atoms with E-state index in [1.54, 1.807) is 31.0 Å². The Morgan fingerprint density at radius 1 is 1.27 bits per heavy atom. The number of aromatic nitrogens is 4. The van der Waals surface area contributed by atoms with Crippen LogP contribution in [0.2, 0.25) is 0 Å². The average molecular weight is 299 g/mol. The highest BCUT2D eigenvalue weighted by atomic mass is 16.2. The first-order valence-electron chi connectivity index (χ1n) is 7.81. The van der Waals surface area contributed by atoms with Gasteiger partial charge in [0.05, 0.1) is 6.20 Å². The largest absolute Gasteiger partial charge is 0.352 e. The molecule has 1 saturated carbocycles. The molecule has 6 nitrogen and oxygen atoms in total. The number of hydrogen-bond donors (Lipinski definition) is 1. The Morgan fingerprint density at radius 2 is 2.14 bits per heavy atom. The minimum atomic E-state index is 0.0295. The van der Waals surface area contributed by atoms with Crippen molar-refractivity contribution in [3.8, 4) is 11.5 Å². The Labute approximate surface area is 130 Å². The van der Waals surface area contributed by atoms with Crippen molar-refractivity contribution < 1.29 is 4.79 Å². The Morgan fingerprint density at radius 3 is 2.91 bits per heavy atom. The van der Waals surface area contributed by atoms with Crippen molar-refractivity contribution >= 4 is 5.91 Å². The number of carbonyl (C=O) groups excluding carboxylic acids is 1. The van der Waals surface area contributed by atoms with Crippen molar-refractivity contribution in [3.05, 3.63) is 31.0 Å². The molecule has 2 heterocycles. The molecular formula is C16H21N5O. The van der Waals surface area contributed by atoms with Gasteiger partial charge in [-0.2, -0.15) is 0 Å².